The highest BCUT2D eigenvalue weighted by atomic mass is 28.3. The molecule has 1 aromatic carbocycles. The van der Waals surface area contributed by atoms with E-state index in [4.69, 9.17) is 0 Å². The Kier molecular flexibility index (Phi) is 7.70. The van der Waals surface area contributed by atoms with E-state index in [0.717, 1.165) is 16.0 Å². The zero-order valence-corrected chi connectivity index (χ0v) is 21.9. The summed E-state index contributed by atoms with van der Waals surface area (Å²) < 4.78 is 33.5. The summed E-state index contributed by atoms with van der Waals surface area (Å²) in [5.41, 5.74) is 5.71. The maximum Gasteiger partial charge on any atom is 0.407 e. The number of likely N-dealkylation sites (tertiary alicyclic amines) is 1. The Balaban J connectivity index is 1.84. The standard InChI is InChI=1S/C25H32F2N4O3Si/c1-16(2)21(30-24(33)34-3)23(32)31-15-25(26,27)13-20(31)22-28-14-19(29-22)18-9-7-17(8-10-18)11-12-35(4,5)6/h7-10,14,16,20-21H,13,15H2,1-6H3,(H,28,29)(H,30,33). The molecule has 10 heteroatoms. The number of aromatic amines is 1. The minimum Gasteiger partial charge on any atom is -0.453 e. The van der Waals surface area contributed by atoms with E-state index >= 15 is 0 Å². The molecule has 1 aliphatic rings. The summed E-state index contributed by atoms with van der Waals surface area (Å²) in [6.45, 7) is 9.24. The molecular weight excluding hydrogens is 470 g/mol. The van der Waals surface area contributed by atoms with Crippen LogP contribution in [0.25, 0.3) is 11.3 Å². The highest BCUT2D eigenvalue weighted by Crippen LogP contribution is 2.41. The molecule has 0 radical (unpaired) electrons. The Morgan fingerprint density at radius 3 is 2.49 bits per heavy atom. The van der Waals surface area contributed by atoms with Gasteiger partial charge in [-0.15, -0.1) is 5.54 Å². The Hall–Kier alpha value is -3.19. The molecule has 35 heavy (non-hydrogen) atoms. The maximum atomic E-state index is 14.5. The van der Waals surface area contributed by atoms with Gasteiger partial charge in [0.15, 0.2) is 0 Å². The molecule has 188 valence electrons. The lowest BCUT2D eigenvalue weighted by Crippen LogP contribution is -2.51. The van der Waals surface area contributed by atoms with Gasteiger partial charge in [0, 0.05) is 12.0 Å². The highest BCUT2D eigenvalue weighted by Gasteiger charge is 2.50. The molecule has 1 aliphatic heterocycles. The number of halogens is 2. The Morgan fingerprint density at radius 1 is 1.26 bits per heavy atom. The van der Waals surface area contributed by atoms with Gasteiger partial charge in [-0.2, -0.15) is 0 Å². The minimum absolute atomic E-state index is 0.272. The number of rotatable bonds is 5. The number of aromatic nitrogens is 2. The molecule has 0 aliphatic carbocycles. The van der Waals surface area contributed by atoms with Gasteiger partial charge in [0.2, 0.25) is 5.91 Å². The van der Waals surface area contributed by atoms with Crippen molar-refractivity contribution in [3.63, 3.8) is 0 Å². The first-order chi connectivity index (χ1) is 16.3. The van der Waals surface area contributed by atoms with Gasteiger partial charge in [-0.05, 0) is 23.6 Å². The van der Waals surface area contributed by atoms with Crippen LogP contribution in [0.2, 0.25) is 19.6 Å². The minimum atomic E-state index is -3.07. The fraction of sp³-hybridized carbons (Fsp3) is 0.480. The molecular formula is C25H32F2N4O3Si. The lowest BCUT2D eigenvalue weighted by atomic mass is 10.0. The van der Waals surface area contributed by atoms with Crippen molar-refractivity contribution in [3.05, 3.63) is 41.9 Å². The van der Waals surface area contributed by atoms with E-state index in [9.17, 15) is 18.4 Å². The van der Waals surface area contributed by atoms with E-state index in [0.29, 0.717) is 5.69 Å². The van der Waals surface area contributed by atoms with Crippen molar-refractivity contribution in [1.29, 1.82) is 0 Å². The molecule has 2 N–H and O–H groups in total. The van der Waals surface area contributed by atoms with Crippen LogP contribution in [0.5, 0.6) is 0 Å². The molecule has 1 fully saturated rings. The SMILES string of the molecule is COC(=O)NC(C(=O)N1CC(F)(F)CC1c1ncc(-c2ccc(C#C[Si](C)(C)C)cc2)[nH]1)C(C)C. The molecule has 2 heterocycles. The molecule has 3 rings (SSSR count). The normalized spacial score (nSPS) is 18.1. The van der Waals surface area contributed by atoms with Crippen molar-refractivity contribution in [3.8, 4) is 22.7 Å². The summed E-state index contributed by atoms with van der Waals surface area (Å²) in [7, 11) is -0.304. The molecule has 7 nitrogen and oxygen atoms in total. The third-order valence-corrected chi connectivity index (χ3v) is 6.51. The fourth-order valence-corrected chi connectivity index (χ4v) is 4.34. The average molecular weight is 503 g/mol. The first kappa shape index (κ1) is 26.4. The number of nitrogens with one attached hydrogen (secondary N) is 2. The van der Waals surface area contributed by atoms with Gasteiger partial charge in [0.05, 0.1) is 31.6 Å². The largest absolute Gasteiger partial charge is 0.453 e. The van der Waals surface area contributed by atoms with Crippen LogP contribution < -0.4 is 5.32 Å². The first-order valence-electron chi connectivity index (χ1n) is 11.5. The predicted octanol–water partition coefficient (Wildman–Crippen LogP) is 4.59. The third-order valence-electron chi connectivity index (χ3n) is 5.63. The average Bonchev–Trinajstić information content (AvgIpc) is 3.39. The molecule has 2 unspecified atom stereocenters. The number of hydrogen-bond acceptors (Lipinski definition) is 4. The van der Waals surface area contributed by atoms with Crippen molar-refractivity contribution in [2.24, 2.45) is 5.92 Å². The molecule has 1 aromatic heterocycles. The second-order valence-corrected chi connectivity index (χ2v) is 14.9. The first-order valence-corrected chi connectivity index (χ1v) is 15.0. The van der Waals surface area contributed by atoms with Crippen molar-refractivity contribution in [1.82, 2.24) is 20.2 Å². The van der Waals surface area contributed by atoms with E-state index in [1.807, 2.05) is 24.3 Å². The smallest absolute Gasteiger partial charge is 0.407 e. The van der Waals surface area contributed by atoms with E-state index < -0.39 is 51.0 Å². The Morgan fingerprint density at radius 2 is 1.91 bits per heavy atom. The van der Waals surface area contributed by atoms with Gasteiger partial charge < -0.3 is 19.9 Å². The van der Waals surface area contributed by atoms with Crippen LogP contribution in [0, 0.1) is 17.4 Å². The van der Waals surface area contributed by atoms with Crippen LogP contribution in [0.15, 0.2) is 30.5 Å². The van der Waals surface area contributed by atoms with Gasteiger partial charge >= 0.3 is 6.09 Å². The zero-order valence-electron chi connectivity index (χ0n) is 20.9. The number of H-pyrrole nitrogens is 1. The van der Waals surface area contributed by atoms with Crippen molar-refractivity contribution in [2.45, 2.75) is 57.9 Å². The molecule has 0 bridgehead atoms. The number of hydrogen-bond donors (Lipinski definition) is 2. The second-order valence-electron chi connectivity index (χ2n) is 10.2. The molecule has 0 spiro atoms. The molecule has 2 atom stereocenters. The summed E-state index contributed by atoms with van der Waals surface area (Å²) in [4.78, 5) is 33.5. The number of benzene rings is 1. The Bertz CT molecular complexity index is 1130. The number of carbonyl (C=O) groups is 2. The Labute approximate surface area is 205 Å². The summed E-state index contributed by atoms with van der Waals surface area (Å²) in [5.74, 6) is -0.532. The number of nitrogens with zero attached hydrogens (tertiary/aromatic N) is 2. The highest BCUT2D eigenvalue weighted by molar-refractivity contribution is 6.83. The van der Waals surface area contributed by atoms with E-state index in [1.54, 1.807) is 20.0 Å². The van der Waals surface area contributed by atoms with Crippen LogP contribution in [0.1, 0.15) is 37.7 Å². The summed E-state index contributed by atoms with van der Waals surface area (Å²) >= 11 is 0. The topological polar surface area (TPSA) is 87.3 Å². The van der Waals surface area contributed by atoms with Crippen molar-refractivity contribution in [2.75, 3.05) is 13.7 Å². The lowest BCUT2D eigenvalue weighted by Gasteiger charge is -2.29. The number of carbonyl (C=O) groups excluding carboxylic acids is 2. The van der Waals surface area contributed by atoms with Gasteiger partial charge in [0.25, 0.3) is 5.92 Å². The zero-order chi connectivity index (χ0) is 26.0. The van der Waals surface area contributed by atoms with Crippen molar-refractivity contribution < 1.29 is 23.1 Å². The van der Waals surface area contributed by atoms with Crippen LogP contribution in [-0.4, -0.2) is 60.6 Å². The molecule has 0 saturated carbocycles. The number of amides is 2. The summed E-state index contributed by atoms with van der Waals surface area (Å²) in [6, 6.07) is 5.66. The summed E-state index contributed by atoms with van der Waals surface area (Å²) in [5, 5.41) is 2.46. The predicted molar refractivity (Wildman–Crippen MR) is 132 cm³/mol. The van der Waals surface area contributed by atoms with Crippen LogP contribution in [-0.2, 0) is 9.53 Å². The number of ether oxygens (including phenoxy) is 1. The second kappa shape index (κ2) is 10.2. The number of methoxy groups -OCH3 is 1. The molecule has 2 amide bonds. The van der Waals surface area contributed by atoms with E-state index in [1.165, 1.54) is 7.11 Å². The quantitative estimate of drug-likeness (QED) is 0.462. The van der Waals surface area contributed by atoms with Crippen molar-refractivity contribution >= 4 is 20.1 Å². The molecule has 1 saturated heterocycles. The number of imidazole rings is 1. The van der Waals surface area contributed by atoms with E-state index in [2.05, 4.69) is 51.1 Å². The number of alkyl halides is 2. The van der Waals surface area contributed by atoms with Crippen LogP contribution >= 0.6 is 0 Å². The molecule has 2 aromatic rings. The van der Waals surface area contributed by atoms with Gasteiger partial charge in [-0.3, -0.25) is 4.79 Å². The fourth-order valence-electron chi connectivity index (χ4n) is 3.82. The van der Waals surface area contributed by atoms with E-state index in [-0.39, 0.29) is 11.7 Å². The third kappa shape index (κ3) is 6.69. The number of alkyl carbamates (subject to hydrolysis) is 1. The van der Waals surface area contributed by atoms with Gasteiger partial charge in [-0.25, -0.2) is 18.6 Å². The van der Waals surface area contributed by atoms with Gasteiger partial charge in [0.1, 0.15) is 19.9 Å². The maximum absolute atomic E-state index is 14.5. The van der Waals surface area contributed by atoms with Gasteiger partial charge in [-0.1, -0.05) is 51.5 Å². The van der Waals surface area contributed by atoms with Crippen LogP contribution in [0.3, 0.4) is 0 Å². The summed E-state index contributed by atoms with van der Waals surface area (Å²) in [6.07, 6.45) is 0.224. The monoisotopic (exact) mass is 502 g/mol. The van der Waals surface area contributed by atoms with Crippen LogP contribution in [0.4, 0.5) is 13.6 Å². The lowest BCUT2D eigenvalue weighted by molar-refractivity contribution is -0.136.